The second kappa shape index (κ2) is 4.75. The summed E-state index contributed by atoms with van der Waals surface area (Å²) in [6.45, 7) is 0. The van der Waals surface area contributed by atoms with E-state index in [1.165, 1.54) is 42.5 Å². The van der Waals surface area contributed by atoms with Gasteiger partial charge in [-0.05, 0) is 42.5 Å². The van der Waals surface area contributed by atoms with Crippen LogP contribution in [0.3, 0.4) is 0 Å². The van der Waals surface area contributed by atoms with Crippen LogP contribution in [0.15, 0.2) is 58.3 Å². The lowest BCUT2D eigenvalue weighted by molar-refractivity contribution is 0.591. The molecule has 0 aliphatic rings. The van der Waals surface area contributed by atoms with Crippen molar-refractivity contribution in [2.75, 3.05) is 5.43 Å². The molecule has 0 saturated heterocycles. The molecule has 0 radical (unpaired) electrons. The molecule has 0 unspecified atom stereocenters. The largest absolute Gasteiger partial charge is 0.324 e. The van der Waals surface area contributed by atoms with Gasteiger partial charge in [0.05, 0.1) is 9.79 Å². The number of hydrogen-bond donors (Lipinski definition) is 2. The Morgan fingerprint density at radius 1 is 1.00 bits per heavy atom. The van der Waals surface area contributed by atoms with Crippen LogP contribution >= 0.6 is 0 Å². The van der Waals surface area contributed by atoms with E-state index in [0.717, 1.165) is 6.07 Å². The molecule has 6 heteroatoms. The first-order valence-electron chi connectivity index (χ1n) is 5.11. The Kier molecular flexibility index (Phi) is 3.31. The van der Waals surface area contributed by atoms with Crippen LogP contribution < -0.4 is 11.3 Å². The molecule has 0 spiro atoms. The fourth-order valence-electron chi connectivity index (χ4n) is 1.50. The molecule has 2 aromatic carbocycles. The van der Waals surface area contributed by atoms with Crippen molar-refractivity contribution in [1.29, 1.82) is 0 Å². The van der Waals surface area contributed by atoms with E-state index in [4.69, 9.17) is 5.84 Å². The van der Waals surface area contributed by atoms with Crippen molar-refractivity contribution in [1.82, 2.24) is 0 Å². The van der Waals surface area contributed by atoms with Gasteiger partial charge in [0.1, 0.15) is 5.82 Å². The van der Waals surface area contributed by atoms with Crippen LogP contribution in [-0.4, -0.2) is 8.42 Å². The van der Waals surface area contributed by atoms with Gasteiger partial charge in [-0.25, -0.2) is 12.8 Å². The van der Waals surface area contributed by atoms with Gasteiger partial charge in [-0.3, -0.25) is 5.84 Å². The minimum absolute atomic E-state index is 0.0732. The zero-order chi connectivity index (χ0) is 13.2. The summed E-state index contributed by atoms with van der Waals surface area (Å²) in [5.41, 5.74) is 2.99. The van der Waals surface area contributed by atoms with Crippen LogP contribution in [0.1, 0.15) is 0 Å². The maximum Gasteiger partial charge on any atom is 0.206 e. The van der Waals surface area contributed by atoms with Gasteiger partial charge in [0.25, 0.3) is 0 Å². The van der Waals surface area contributed by atoms with E-state index in [0.29, 0.717) is 5.69 Å². The first-order chi connectivity index (χ1) is 8.54. The highest BCUT2D eigenvalue weighted by atomic mass is 32.2. The number of sulfone groups is 1. The lowest BCUT2D eigenvalue weighted by atomic mass is 10.3. The quantitative estimate of drug-likeness (QED) is 0.658. The maximum absolute atomic E-state index is 13.0. The smallest absolute Gasteiger partial charge is 0.206 e. The van der Waals surface area contributed by atoms with Crippen LogP contribution in [0.2, 0.25) is 0 Å². The van der Waals surface area contributed by atoms with E-state index >= 15 is 0 Å². The third-order valence-electron chi connectivity index (χ3n) is 2.44. The Bertz CT molecular complexity index is 654. The SMILES string of the molecule is NNc1ccc(S(=O)(=O)c2cccc(F)c2)cc1. The Labute approximate surface area is 104 Å². The zero-order valence-electron chi connectivity index (χ0n) is 9.30. The van der Waals surface area contributed by atoms with Crippen LogP contribution in [0.25, 0.3) is 0 Å². The van der Waals surface area contributed by atoms with Gasteiger partial charge in [-0.1, -0.05) is 6.07 Å². The van der Waals surface area contributed by atoms with Crippen molar-refractivity contribution < 1.29 is 12.8 Å². The summed E-state index contributed by atoms with van der Waals surface area (Å²) in [6.07, 6.45) is 0. The summed E-state index contributed by atoms with van der Waals surface area (Å²) in [5, 5.41) is 0. The fourth-order valence-corrected chi connectivity index (χ4v) is 2.79. The van der Waals surface area contributed by atoms with E-state index in [9.17, 15) is 12.8 Å². The van der Waals surface area contributed by atoms with Crippen molar-refractivity contribution in [3.63, 3.8) is 0 Å². The number of anilines is 1. The number of hydrogen-bond acceptors (Lipinski definition) is 4. The summed E-state index contributed by atoms with van der Waals surface area (Å²) in [4.78, 5) is 0.0167. The Morgan fingerprint density at radius 2 is 1.67 bits per heavy atom. The summed E-state index contributed by atoms with van der Waals surface area (Å²) < 4.78 is 37.4. The van der Waals surface area contributed by atoms with Crippen molar-refractivity contribution in [3.05, 3.63) is 54.3 Å². The number of rotatable bonds is 3. The third-order valence-corrected chi connectivity index (χ3v) is 4.20. The van der Waals surface area contributed by atoms with E-state index < -0.39 is 15.7 Å². The average molecular weight is 266 g/mol. The molecule has 18 heavy (non-hydrogen) atoms. The molecule has 0 aliphatic heterocycles. The molecular formula is C12H11FN2O2S. The fraction of sp³-hybridized carbons (Fsp3) is 0. The molecular weight excluding hydrogens is 255 g/mol. The normalized spacial score (nSPS) is 11.2. The van der Waals surface area contributed by atoms with Crippen LogP contribution in [0.4, 0.5) is 10.1 Å². The molecule has 3 N–H and O–H groups in total. The number of benzene rings is 2. The molecule has 0 bridgehead atoms. The summed E-state index contributed by atoms with van der Waals surface area (Å²) in [7, 11) is -3.70. The van der Waals surface area contributed by atoms with E-state index in [-0.39, 0.29) is 9.79 Å². The number of halogens is 1. The van der Waals surface area contributed by atoms with Gasteiger partial charge >= 0.3 is 0 Å². The molecule has 0 aliphatic carbocycles. The van der Waals surface area contributed by atoms with Gasteiger partial charge in [0, 0.05) is 5.69 Å². The second-order valence-corrected chi connectivity index (χ2v) is 5.58. The molecule has 0 saturated carbocycles. The summed E-state index contributed by atoms with van der Waals surface area (Å²) in [6, 6.07) is 10.8. The summed E-state index contributed by atoms with van der Waals surface area (Å²) in [5.74, 6) is 4.60. The molecule has 4 nitrogen and oxygen atoms in total. The van der Waals surface area contributed by atoms with E-state index in [2.05, 4.69) is 5.43 Å². The summed E-state index contributed by atoms with van der Waals surface area (Å²) >= 11 is 0. The molecule has 2 rings (SSSR count). The van der Waals surface area contributed by atoms with Crippen molar-refractivity contribution in [2.45, 2.75) is 9.79 Å². The first kappa shape index (κ1) is 12.5. The molecule has 0 atom stereocenters. The van der Waals surface area contributed by atoms with Crippen molar-refractivity contribution in [3.8, 4) is 0 Å². The van der Waals surface area contributed by atoms with Crippen molar-refractivity contribution >= 4 is 15.5 Å². The van der Waals surface area contributed by atoms with Gasteiger partial charge in [-0.2, -0.15) is 0 Å². The molecule has 94 valence electrons. The van der Waals surface area contributed by atoms with Gasteiger partial charge < -0.3 is 5.43 Å². The van der Waals surface area contributed by atoms with Crippen LogP contribution in [0, 0.1) is 5.82 Å². The number of nitrogen functional groups attached to an aromatic ring is 1. The number of nitrogens with one attached hydrogen (secondary N) is 1. The zero-order valence-corrected chi connectivity index (χ0v) is 10.1. The third kappa shape index (κ3) is 2.34. The predicted molar refractivity (Wildman–Crippen MR) is 66.1 cm³/mol. The van der Waals surface area contributed by atoms with Gasteiger partial charge in [-0.15, -0.1) is 0 Å². The molecule has 0 fully saturated rings. The minimum atomic E-state index is -3.70. The molecule has 2 aromatic rings. The molecule has 0 aromatic heterocycles. The second-order valence-electron chi connectivity index (χ2n) is 3.63. The monoisotopic (exact) mass is 266 g/mol. The van der Waals surface area contributed by atoms with E-state index in [1.54, 1.807) is 0 Å². The first-order valence-corrected chi connectivity index (χ1v) is 6.60. The molecule has 0 amide bonds. The minimum Gasteiger partial charge on any atom is -0.324 e. The number of hydrazine groups is 1. The van der Waals surface area contributed by atoms with E-state index in [1.807, 2.05) is 0 Å². The van der Waals surface area contributed by atoms with Crippen LogP contribution in [-0.2, 0) is 9.84 Å². The van der Waals surface area contributed by atoms with Gasteiger partial charge in [0.2, 0.25) is 9.84 Å². The topological polar surface area (TPSA) is 72.2 Å². The maximum atomic E-state index is 13.0. The Hall–Kier alpha value is -1.92. The van der Waals surface area contributed by atoms with Gasteiger partial charge in [0.15, 0.2) is 0 Å². The number of nitrogens with two attached hydrogens (primary N) is 1. The van der Waals surface area contributed by atoms with Crippen LogP contribution in [0.5, 0.6) is 0 Å². The molecule has 0 heterocycles. The van der Waals surface area contributed by atoms with Crippen molar-refractivity contribution in [2.24, 2.45) is 5.84 Å². The highest BCUT2D eigenvalue weighted by Gasteiger charge is 2.17. The predicted octanol–water partition coefficient (Wildman–Crippen LogP) is 1.94. The Morgan fingerprint density at radius 3 is 2.22 bits per heavy atom. The lowest BCUT2D eigenvalue weighted by Gasteiger charge is -2.06. The lowest BCUT2D eigenvalue weighted by Crippen LogP contribution is -2.07. The highest BCUT2D eigenvalue weighted by Crippen LogP contribution is 2.22. The average Bonchev–Trinajstić information content (AvgIpc) is 2.39. The highest BCUT2D eigenvalue weighted by molar-refractivity contribution is 7.91. The standard InChI is InChI=1S/C12H11FN2O2S/c13-9-2-1-3-12(8-9)18(16,17)11-6-4-10(15-14)5-7-11/h1-8,15H,14H2. The Balaban J connectivity index is 2.47.